The summed E-state index contributed by atoms with van der Waals surface area (Å²) in [7, 11) is -3.08. The monoisotopic (exact) mass is 312 g/mol. The lowest BCUT2D eigenvalue weighted by Gasteiger charge is -2.27. The van der Waals surface area contributed by atoms with Crippen LogP contribution >= 0.6 is 0 Å². The van der Waals surface area contributed by atoms with Gasteiger partial charge in [0.1, 0.15) is 0 Å². The largest absolute Gasteiger partial charge is 0.338 e. The van der Waals surface area contributed by atoms with E-state index in [0.29, 0.717) is 25.8 Å². The van der Waals surface area contributed by atoms with Crippen LogP contribution in [0, 0.1) is 0 Å². The summed E-state index contributed by atoms with van der Waals surface area (Å²) in [5.41, 5.74) is 0.798. The summed E-state index contributed by atoms with van der Waals surface area (Å²) < 4.78 is 23.6. The summed E-state index contributed by atoms with van der Waals surface area (Å²) in [6.45, 7) is 2.15. The summed E-state index contributed by atoms with van der Waals surface area (Å²) in [6.07, 6.45) is 6.71. The van der Waals surface area contributed by atoms with Crippen LogP contribution in [-0.4, -0.2) is 48.0 Å². The quantitative estimate of drug-likeness (QED) is 0.832. The van der Waals surface area contributed by atoms with E-state index >= 15 is 0 Å². The Bertz CT molecular complexity index is 576. The van der Waals surface area contributed by atoms with Crippen LogP contribution in [0.5, 0.6) is 0 Å². The lowest BCUT2D eigenvalue weighted by molar-refractivity contribution is 0.237. The van der Waals surface area contributed by atoms with Crippen LogP contribution in [0.25, 0.3) is 0 Å². The Morgan fingerprint density at radius 3 is 2.86 bits per heavy atom. The van der Waals surface area contributed by atoms with E-state index < -0.39 is 9.84 Å². The maximum absolute atomic E-state index is 11.8. The molecule has 2 rings (SSSR count). The van der Waals surface area contributed by atoms with Crippen LogP contribution in [0.15, 0.2) is 18.6 Å². The standard InChI is InChI=1S/C13H20N4O3S/c1-10-2-3-12(9-21(10,19)20)17-13(18)16-5-4-11-8-14-6-7-15-11/h6-8,10,12H,2-5,9H2,1H3,(H2,16,17,18). The van der Waals surface area contributed by atoms with Crippen molar-refractivity contribution in [2.75, 3.05) is 12.3 Å². The van der Waals surface area contributed by atoms with Gasteiger partial charge in [0.05, 0.1) is 16.7 Å². The lowest BCUT2D eigenvalue weighted by atomic mass is 10.1. The van der Waals surface area contributed by atoms with Crippen LogP contribution in [0.3, 0.4) is 0 Å². The van der Waals surface area contributed by atoms with E-state index in [4.69, 9.17) is 0 Å². The fourth-order valence-electron chi connectivity index (χ4n) is 2.26. The molecular formula is C13H20N4O3S. The molecule has 1 fully saturated rings. The highest BCUT2D eigenvalue weighted by Gasteiger charge is 2.31. The first kappa shape index (κ1) is 15.7. The summed E-state index contributed by atoms with van der Waals surface area (Å²) in [5, 5.41) is 5.11. The third kappa shape index (κ3) is 4.66. The van der Waals surface area contributed by atoms with Crippen LogP contribution in [-0.2, 0) is 16.3 Å². The number of carbonyl (C=O) groups excluding carboxylic acids is 1. The number of nitrogens with zero attached hydrogens (tertiary/aromatic N) is 2. The Morgan fingerprint density at radius 1 is 1.38 bits per heavy atom. The highest BCUT2D eigenvalue weighted by atomic mass is 32.2. The predicted molar refractivity (Wildman–Crippen MR) is 78.5 cm³/mol. The SMILES string of the molecule is CC1CCC(NC(=O)NCCc2cnccn2)CS1(=O)=O. The molecule has 0 saturated carbocycles. The molecule has 1 aromatic rings. The van der Waals surface area contributed by atoms with Gasteiger partial charge >= 0.3 is 6.03 Å². The number of hydrogen-bond donors (Lipinski definition) is 2. The molecule has 1 aliphatic rings. The molecule has 21 heavy (non-hydrogen) atoms. The molecule has 8 heteroatoms. The topological polar surface area (TPSA) is 101 Å². The van der Waals surface area contributed by atoms with Crippen molar-refractivity contribution < 1.29 is 13.2 Å². The zero-order chi connectivity index (χ0) is 15.3. The van der Waals surface area contributed by atoms with Gasteiger partial charge in [-0.2, -0.15) is 0 Å². The average Bonchev–Trinajstić information content (AvgIpc) is 2.44. The number of nitrogens with one attached hydrogen (secondary N) is 2. The molecule has 2 unspecified atom stereocenters. The van der Waals surface area contributed by atoms with E-state index in [0.717, 1.165) is 5.69 Å². The van der Waals surface area contributed by atoms with E-state index in [1.54, 1.807) is 25.5 Å². The van der Waals surface area contributed by atoms with E-state index in [1.165, 1.54) is 0 Å². The van der Waals surface area contributed by atoms with Crippen molar-refractivity contribution in [2.45, 2.75) is 37.5 Å². The van der Waals surface area contributed by atoms with Gasteiger partial charge in [0.2, 0.25) is 0 Å². The van der Waals surface area contributed by atoms with Crippen molar-refractivity contribution in [1.29, 1.82) is 0 Å². The second-order valence-corrected chi connectivity index (χ2v) is 7.73. The Kier molecular flexibility index (Phi) is 5.11. The summed E-state index contributed by atoms with van der Waals surface area (Å²) in [4.78, 5) is 19.8. The lowest BCUT2D eigenvalue weighted by Crippen LogP contribution is -2.49. The minimum Gasteiger partial charge on any atom is -0.338 e. The van der Waals surface area contributed by atoms with Gasteiger partial charge in [0.15, 0.2) is 9.84 Å². The molecule has 0 radical (unpaired) electrons. The molecule has 7 nitrogen and oxygen atoms in total. The Morgan fingerprint density at radius 2 is 2.19 bits per heavy atom. The molecule has 0 bridgehead atoms. The van der Waals surface area contributed by atoms with Gasteiger partial charge in [-0.1, -0.05) is 0 Å². The summed E-state index contributed by atoms with van der Waals surface area (Å²) in [6, 6.07) is -0.642. The normalized spacial score (nSPS) is 24.2. The molecule has 1 aliphatic heterocycles. The number of urea groups is 1. The summed E-state index contributed by atoms with van der Waals surface area (Å²) in [5.74, 6) is 0.0196. The second-order valence-electron chi connectivity index (χ2n) is 5.26. The van der Waals surface area contributed by atoms with E-state index in [-0.39, 0.29) is 23.1 Å². The Hall–Kier alpha value is -1.70. The molecule has 0 aromatic carbocycles. The van der Waals surface area contributed by atoms with Gasteiger partial charge in [-0.15, -0.1) is 0 Å². The minimum atomic E-state index is -3.08. The number of carbonyl (C=O) groups is 1. The molecule has 0 spiro atoms. The van der Waals surface area contributed by atoms with Crippen LogP contribution < -0.4 is 10.6 Å². The Balaban J connectivity index is 1.73. The molecule has 1 aromatic heterocycles. The highest BCUT2D eigenvalue weighted by molar-refractivity contribution is 7.92. The zero-order valence-corrected chi connectivity index (χ0v) is 12.8. The first-order chi connectivity index (χ1) is 9.97. The van der Waals surface area contributed by atoms with Crippen LogP contribution in [0.4, 0.5) is 4.79 Å². The minimum absolute atomic E-state index is 0.0196. The Labute approximate surface area is 124 Å². The predicted octanol–water partition coefficient (Wildman–Crippen LogP) is 0.284. The summed E-state index contributed by atoms with van der Waals surface area (Å²) >= 11 is 0. The van der Waals surface area contributed by atoms with E-state index in [1.807, 2.05) is 0 Å². The van der Waals surface area contributed by atoms with Crippen molar-refractivity contribution in [3.05, 3.63) is 24.3 Å². The van der Waals surface area contributed by atoms with Gasteiger partial charge in [0, 0.05) is 37.6 Å². The van der Waals surface area contributed by atoms with Crippen molar-refractivity contribution in [1.82, 2.24) is 20.6 Å². The highest BCUT2D eigenvalue weighted by Crippen LogP contribution is 2.19. The third-order valence-electron chi connectivity index (χ3n) is 3.59. The number of rotatable bonds is 4. The van der Waals surface area contributed by atoms with Crippen molar-refractivity contribution in [3.63, 3.8) is 0 Å². The maximum Gasteiger partial charge on any atom is 0.315 e. The molecule has 116 valence electrons. The number of sulfone groups is 1. The van der Waals surface area contributed by atoms with Gasteiger partial charge in [-0.3, -0.25) is 9.97 Å². The third-order valence-corrected chi connectivity index (χ3v) is 5.92. The fraction of sp³-hybridized carbons (Fsp3) is 0.615. The first-order valence-corrected chi connectivity index (χ1v) is 8.70. The van der Waals surface area contributed by atoms with Gasteiger partial charge < -0.3 is 10.6 Å². The average molecular weight is 312 g/mol. The molecule has 2 N–H and O–H groups in total. The molecular weight excluding hydrogens is 292 g/mol. The second kappa shape index (κ2) is 6.84. The first-order valence-electron chi connectivity index (χ1n) is 6.98. The molecule has 2 atom stereocenters. The molecule has 1 saturated heterocycles. The molecule has 2 heterocycles. The van der Waals surface area contributed by atoms with Crippen molar-refractivity contribution in [2.24, 2.45) is 0 Å². The van der Waals surface area contributed by atoms with Gasteiger partial charge in [0.25, 0.3) is 0 Å². The number of hydrogen-bond acceptors (Lipinski definition) is 5. The van der Waals surface area contributed by atoms with Crippen LogP contribution in [0.1, 0.15) is 25.5 Å². The number of aromatic nitrogens is 2. The zero-order valence-electron chi connectivity index (χ0n) is 11.9. The number of amides is 2. The molecule has 0 aliphatic carbocycles. The van der Waals surface area contributed by atoms with Gasteiger partial charge in [-0.05, 0) is 19.8 Å². The van der Waals surface area contributed by atoms with E-state index in [9.17, 15) is 13.2 Å². The maximum atomic E-state index is 11.8. The van der Waals surface area contributed by atoms with E-state index in [2.05, 4.69) is 20.6 Å². The van der Waals surface area contributed by atoms with Crippen molar-refractivity contribution in [3.8, 4) is 0 Å². The fourth-order valence-corrected chi connectivity index (χ4v) is 3.89. The van der Waals surface area contributed by atoms with Crippen LogP contribution in [0.2, 0.25) is 0 Å². The van der Waals surface area contributed by atoms with Gasteiger partial charge in [-0.25, -0.2) is 13.2 Å². The molecule has 2 amide bonds. The smallest absolute Gasteiger partial charge is 0.315 e. The van der Waals surface area contributed by atoms with Crippen molar-refractivity contribution >= 4 is 15.9 Å².